The predicted molar refractivity (Wildman–Crippen MR) is 126 cm³/mol. The lowest BCUT2D eigenvalue weighted by Crippen LogP contribution is -2.32. The number of hydrogen-bond acceptors (Lipinski definition) is 7. The van der Waals surface area contributed by atoms with E-state index in [-0.39, 0.29) is 5.11 Å². The molecular weight excluding hydrogens is 481 g/mol. The summed E-state index contributed by atoms with van der Waals surface area (Å²) in [5.74, 6) is 0.0575. The quantitative estimate of drug-likeness (QED) is 0.280. The molecule has 0 aliphatic carbocycles. The van der Waals surface area contributed by atoms with E-state index in [0.717, 1.165) is 16.9 Å². The van der Waals surface area contributed by atoms with E-state index < -0.39 is 11.9 Å². The van der Waals surface area contributed by atoms with E-state index in [1.54, 1.807) is 37.3 Å². The highest BCUT2D eigenvalue weighted by molar-refractivity contribution is 7.80. The highest BCUT2D eigenvalue weighted by Crippen LogP contribution is 2.29. The van der Waals surface area contributed by atoms with Crippen molar-refractivity contribution in [2.45, 2.75) is 6.92 Å². The van der Waals surface area contributed by atoms with Crippen LogP contribution in [0.2, 0.25) is 10.0 Å². The molecule has 1 amide bonds. The maximum atomic E-state index is 12.1. The number of thiazole rings is 1. The lowest BCUT2D eigenvalue weighted by molar-refractivity contribution is -0.115. The zero-order chi connectivity index (χ0) is 22.5. The lowest BCUT2D eigenvalue weighted by Gasteiger charge is -2.04. The number of anilines is 1. The number of carbonyl (C=O) groups excluding carboxylic acids is 2. The summed E-state index contributed by atoms with van der Waals surface area (Å²) in [6.45, 7) is 1.67. The molecule has 0 aliphatic rings. The fourth-order valence-corrected chi connectivity index (χ4v) is 4.14. The highest BCUT2D eigenvalue weighted by Gasteiger charge is 2.16. The normalized spacial score (nSPS) is 10.8. The number of rotatable bonds is 5. The predicted octanol–water partition coefficient (Wildman–Crippen LogP) is 5.33. The van der Waals surface area contributed by atoms with Crippen molar-refractivity contribution in [3.05, 3.63) is 62.8 Å². The minimum Gasteiger partial charge on any atom is -0.465 e. The number of hydrogen-bond donors (Lipinski definition) is 2. The van der Waals surface area contributed by atoms with Crippen molar-refractivity contribution in [1.82, 2.24) is 10.3 Å². The molecule has 0 atom stereocenters. The standard InChI is InChI=1S/C20H15Cl2N3O4S2/c1-10-17(18(27)28-2)31-20(23-10)25-19(30)24-16(26)6-4-14-3-5-15(29-14)11-7-12(21)9-13(22)8-11/h3-9H,1-2H3,(H2,23,24,25,26,30)/b6-4+. The Morgan fingerprint density at radius 3 is 2.61 bits per heavy atom. The van der Waals surface area contributed by atoms with Gasteiger partial charge in [0.15, 0.2) is 10.2 Å². The smallest absolute Gasteiger partial charge is 0.350 e. The number of carbonyl (C=O) groups is 2. The van der Waals surface area contributed by atoms with Crippen LogP contribution < -0.4 is 10.6 Å². The molecular formula is C20H15Cl2N3O4S2. The summed E-state index contributed by atoms with van der Waals surface area (Å²) >= 11 is 18.2. The summed E-state index contributed by atoms with van der Waals surface area (Å²) in [6.07, 6.45) is 2.77. The number of amides is 1. The molecule has 3 aromatic rings. The van der Waals surface area contributed by atoms with Crippen molar-refractivity contribution in [3.8, 4) is 11.3 Å². The van der Waals surface area contributed by atoms with Gasteiger partial charge >= 0.3 is 5.97 Å². The molecule has 0 saturated carbocycles. The number of nitrogens with one attached hydrogen (secondary N) is 2. The third-order valence-electron chi connectivity index (χ3n) is 3.80. The number of aromatic nitrogens is 1. The van der Waals surface area contributed by atoms with Crippen molar-refractivity contribution in [1.29, 1.82) is 0 Å². The number of esters is 1. The number of halogens is 2. The van der Waals surface area contributed by atoms with Crippen LogP contribution in [0.15, 0.2) is 40.8 Å². The van der Waals surface area contributed by atoms with Crippen LogP contribution >= 0.6 is 46.8 Å². The molecule has 11 heteroatoms. The third kappa shape index (κ3) is 6.14. The Kier molecular flexibility index (Phi) is 7.45. The first-order valence-electron chi connectivity index (χ1n) is 8.67. The molecule has 2 heterocycles. The highest BCUT2D eigenvalue weighted by atomic mass is 35.5. The Bertz CT molecular complexity index is 1170. The van der Waals surface area contributed by atoms with Gasteiger partial charge in [-0.25, -0.2) is 9.78 Å². The van der Waals surface area contributed by atoms with Crippen LogP contribution in [0.3, 0.4) is 0 Å². The van der Waals surface area contributed by atoms with E-state index in [4.69, 9.17) is 39.8 Å². The van der Waals surface area contributed by atoms with Crippen molar-refractivity contribution in [3.63, 3.8) is 0 Å². The van der Waals surface area contributed by atoms with Gasteiger partial charge in [0.25, 0.3) is 0 Å². The Morgan fingerprint density at radius 2 is 1.94 bits per heavy atom. The lowest BCUT2D eigenvalue weighted by atomic mass is 10.2. The van der Waals surface area contributed by atoms with E-state index >= 15 is 0 Å². The number of methoxy groups -OCH3 is 1. The number of furan rings is 1. The van der Waals surface area contributed by atoms with E-state index in [1.165, 1.54) is 19.3 Å². The molecule has 1 aromatic carbocycles. The molecule has 0 aliphatic heterocycles. The Hall–Kier alpha value is -2.72. The fourth-order valence-electron chi connectivity index (χ4n) is 2.47. The molecule has 0 radical (unpaired) electrons. The van der Waals surface area contributed by atoms with E-state index in [9.17, 15) is 9.59 Å². The molecule has 160 valence electrons. The minimum absolute atomic E-state index is 0.0357. The summed E-state index contributed by atoms with van der Waals surface area (Å²) in [6, 6.07) is 8.53. The van der Waals surface area contributed by atoms with Crippen LogP contribution in [0, 0.1) is 6.92 Å². The number of ether oxygens (including phenoxy) is 1. The van der Waals surface area contributed by atoms with Gasteiger partial charge in [0, 0.05) is 21.7 Å². The average Bonchev–Trinajstić information content (AvgIpc) is 3.31. The van der Waals surface area contributed by atoms with Crippen molar-refractivity contribution >= 4 is 75.0 Å². The fraction of sp³-hybridized carbons (Fsp3) is 0.100. The number of nitrogens with zero attached hydrogens (tertiary/aromatic N) is 1. The van der Waals surface area contributed by atoms with Crippen LogP contribution in [0.1, 0.15) is 21.1 Å². The topological polar surface area (TPSA) is 93.5 Å². The van der Waals surface area contributed by atoms with Crippen LogP contribution in [0.25, 0.3) is 17.4 Å². The van der Waals surface area contributed by atoms with Crippen LogP contribution in [0.5, 0.6) is 0 Å². The van der Waals surface area contributed by atoms with Gasteiger partial charge in [0.1, 0.15) is 16.4 Å². The third-order valence-corrected chi connectivity index (χ3v) is 5.49. The summed E-state index contributed by atoms with van der Waals surface area (Å²) in [7, 11) is 1.29. The van der Waals surface area contributed by atoms with Gasteiger partial charge in [-0.15, -0.1) is 0 Å². The van der Waals surface area contributed by atoms with Gasteiger partial charge in [-0.2, -0.15) is 0 Å². The van der Waals surface area contributed by atoms with E-state index in [2.05, 4.69) is 20.4 Å². The largest absolute Gasteiger partial charge is 0.465 e. The summed E-state index contributed by atoms with van der Waals surface area (Å²) in [4.78, 5) is 28.3. The molecule has 0 bridgehead atoms. The Labute approximate surface area is 197 Å². The minimum atomic E-state index is -0.487. The zero-order valence-electron chi connectivity index (χ0n) is 16.2. The molecule has 2 aromatic heterocycles. The van der Waals surface area contributed by atoms with Crippen LogP contribution in [0.4, 0.5) is 5.13 Å². The molecule has 0 saturated heterocycles. The van der Waals surface area contributed by atoms with Gasteiger partial charge in [-0.3, -0.25) is 10.1 Å². The summed E-state index contributed by atoms with van der Waals surface area (Å²) < 4.78 is 10.4. The number of benzene rings is 1. The summed E-state index contributed by atoms with van der Waals surface area (Å²) in [5.41, 5.74) is 1.22. The molecule has 31 heavy (non-hydrogen) atoms. The maximum absolute atomic E-state index is 12.1. The molecule has 3 rings (SSSR count). The first-order chi connectivity index (χ1) is 14.7. The molecule has 0 spiro atoms. The molecule has 2 N–H and O–H groups in total. The number of aryl methyl sites for hydroxylation is 1. The van der Waals surface area contributed by atoms with Crippen molar-refractivity contribution in [2.24, 2.45) is 0 Å². The summed E-state index contributed by atoms with van der Waals surface area (Å²) in [5, 5.41) is 6.64. The second-order valence-electron chi connectivity index (χ2n) is 6.06. The molecule has 0 unspecified atom stereocenters. The SMILES string of the molecule is COC(=O)c1sc(NC(=S)NC(=O)/C=C/c2ccc(-c3cc(Cl)cc(Cl)c3)o2)nc1C. The second-order valence-corrected chi connectivity index (χ2v) is 8.34. The van der Waals surface area contributed by atoms with Crippen molar-refractivity contribution in [2.75, 3.05) is 12.4 Å². The van der Waals surface area contributed by atoms with Crippen LogP contribution in [-0.4, -0.2) is 29.1 Å². The second kappa shape index (κ2) is 10.1. The monoisotopic (exact) mass is 495 g/mol. The van der Waals surface area contributed by atoms with Crippen LogP contribution in [-0.2, 0) is 9.53 Å². The van der Waals surface area contributed by atoms with Gasteiger partial charge in [-0.05, 0) is 55.5 Å². The van der Waals surface area contributed by atoms with E-state index in [0.29, 0.717) is 37.3 Å². The Morgan fingerprint density at radius 1 is 1.23 bits per heavy atom. The van der Waals surface area contributed by atoms with Crippen molar-refractivity contribution < 1.29 is 18.7 Å². The van der Waals surface area contributed by atoms with Gasteiger partial charge < -0.3 is 14.5 Å². The number of thiocarbonyl (C=S) groups is 1. The van der Waals surface area contributed by atoms with Gasteiger partial charge in [0.2, 0.25) is 5.91 Å². The van der Waals surface area contributed by atoms with Gasteiger partial charge in [0.05, 0.1) is 12.8 Å². The Balaban J connectivity index is 1.59. The molecule has 7 nitrogen and oxygen atoms in total. The first kappa shape index (κ1) is 23.0. The van der Waals surface area contributed by atoms with Gasteiger partial charge in [-0.1, -0.05) is 34.5 Å². The first-order valence-corrected chi connectivity index (χ1v) is 10.7. The van der Waals surface area contributed by atoms with E-state index in [1.807, 2.05) is 0 Å². The average molecular weight is 496 g/mol. The molecule has 0 fully saturated rings. The maximum Gasteiger partial charge on any atom is 0.350 e. The zero-order valence-corrected chi connectivity index (χ0v) is 19.3.